The van der Waals surface area contributed by atoms with Gasteiger partial charge in [-0.25, -0.2) is 9.48 Å². The number of para-hydroxylation sites is 2. The molecule has 0 radical (unpaired) electrons. The number of rotatable bonds is 4. The van der Waals surface area contributed by atoms with Gasteiger partial charge in [0.15, 0.2) is 5.69 Å². The standard InChI is InChI=1S/C20H17N5O2/c1-14-13-18(24(21-14)16-9-5-3-6-10-16)27-20(26)19-15(2)22-25(23-19)17-11-7-4-8-12-17/h3-13H,1-2H3. The molecule has 0 bridgehead atoms. The van der Waals surface area contributed by atoms with Gasteiger partial charge in [0.1, 0.15) is 0 Å². The largest absolute Gasteiger partial charge is 0.402 e. The fourth-order valence-electron chi connectivity index (χ4n) is 2.69. The van der Waals surface area contributed by atoms with Gasteiger partial charge in [0.2, 0.25) is 5.88 Å². The minimum absolute atomic E-state index is 0.164. The van der Waals surface area contributed by atoms with Gasteiger partial charge in [-0.15, -0.1) is 5.10 Å². The molecule has 2 heterocycles. The zero-order valence-corrected chi connectivity index (χ0v) is 14.9. The summed E-state index contributed by atoms with van der Waals surface area (Å²) in [6.45, 7) is 3.57. The van der Waals surface area contributed by atoms with Crippen LogP contribution in [0.5, 0.6) is 5.88 Å². The smallest absolute Gasteiger partial charge is 0.367 e. The second-order valence-electron chi connectivity index (χ2n) is 6.02. The van der Waals surface area contributed by atoms with Crippen molar-refractivity contribution in [2.24, 2.45) is 0 Å². The van der Waals surface area contributed by atoms with E-state index in [1.54, 1.807) is 17.7 Å². The second kappa shape index (κ2) is 6.87. The van der Waals surface area contributed by atoms with Crippen molar-refractivity contribution in [3.8, 4) is 17.3 Å². The number of carbonyl (C=O) groups excluding carboxylic acids is 1. The van der Waals surface area contributed by atoms with Crippen LogP contribution in [0.25, 0.3) is 11.4 Å². The Morgan fingerprint density at radius 1 is 0.852 bits per heavy atom. The topological polar surface area (TPSA) is 74.8 Å². The normalized spacial score (nSPS) is 10.7. The highest BCUT2D eigenvalue weighted by atomic mass is 16.5. The molecule has 7 nitrogen and oxygen atoms in total. The highest BCUT2D eigenvalue weighted by molar-refractivity contribution is 5.89. The van der Waals surface area contributed by atoms with E-state index in [-0.39, 0.29) is 5.69 Å². The van der Waals surface area contributed by atoms with Crippen LogP contribution in [0, 0.1) is 13.8 Å². The Labute approximate surface area is 155 Å². The van der Waals surface area contributed by atoms with Crippen molar-refractivity contribution < 1.29 is 9.53 Å². The Morgan fingerprint density at radius 3 is 2.15 bits per heavy atom. The quantitative estimate of drug-likeness (QED) is 0.523. The molecule has 4 rings (SSSR count). The van der Waals surface area contributed by atoms with Crippen molar-refractivity contribution in [2.45, 2.75) is 13.8 Å². The van der Waals surface area contributed by atoms with Crippen molar-refractivity contribution in [3.63, 3.8) is 0 Å². The predicted octanol–water partition coefficient (Wildman–Crippen LogP) is 3.29. The number of ether oxygens (including phenoxy) is 1. The molecule has 0 saturated carbocycles. The van der Waals surface area contributed by atoms with Gasteiger partial charge < -0.3 is 4.74 Å². The molecular formula is C20H17N5O2. The van der Waals surface area contributed by atoms with Crippen molar-refractivity contribution >= 4 is 5.97 Å². The van der Waals surface area contributed by atoms with Gasteiger partial charge in [0, 0.05) is 6.07 Å². The molecule has 27 heavy (non-hydrogen) atoms. The number of carbonyl (C=O) groups is 1. The molecule has 0 amide bonds. The van der Waals surface area contributed by atoms with E-state index >= 15 is 0 Å². The molecule has 0 N–H and O–H groups in total. The minimum atomic E-state index is -0.577. The number of benzene rings is 2. The summed E-state index contributed by atoms with van der Waals surface area (Å²) in [5.41, 5.74) is 2.97. The van der Waals surface area contributed by atoms with Crippen LogP contribution < -0.4 is 4.74 Å². The van der Waals surface area contributed by atoms with Gasteiger partial charge in [-0.1, -0.05) is 36.4 Å². The van der Waals surface area contributed by atoms with Crippen LogP contribution in [0.15, 0.2) is 66.7 Å². The third-order valence-electron chi connectivity index (χ3n) is 3.96. The molecule has 7 heteroatoms. The van der Waals surface area contributed by atoms with Crippen LogP contribution in [-0.2, 0) is 0 Å². The molecule has 0 aliphatic carbocycles. The summed E-state index contributed by atoms with van der Waals surface area (Å²) in [4.78, 5) is 14.1. The first-order chi connectivity index (χ1) is 13.1. The molecule has 2 aromatic heterocycles. The third kappa shape index (κ3) is 3.35. The highest BCUT2D eigenvalue weighted by Gasteiger charge is 2.21. The summed E-state index contributed by atoms with van der Waals surface area (Å²) in [5.74, 6) is -0.246. The monoisotopic (exact) mass is 359 g/mol. The van der Waals surface area contributed by atoms with Crippen molar-refractivity contribution in [2.75, 3.05) is 0 Å². The summed E-state index contributed by atoms with van der Waals surface area (Å²) in [5, 5.41) is 13.0. The zero-order valence-electron chi connectivity index (χ0n) is 14.9. The summed E-state index contributed by atoms with van der Waals surface area (Å²) in [7, 11) is 0. The average molecular weight is 359 g/mol. The number of hydrogen-bond acceptors (Lipinski definition) is 5. The lowest BCUT2D eigenvalue weighted by molar-refractivity contribution is 0.0715. The fraction of sp³-hybridized carbons (Fsp3) is 0.100. The number of aryl methyl sites for hydroxylation is 2. The fourth-order valence-corrected chi connectivity index (χ4v) is 2.69. The van der Waals surface area contributed by atoms with Crippen LogP contribution in [0.3, 0.4) is 0 Å². The number of hydrogen-bond donors (Lipinski definition) is 0. The van der Waals surface area contributed by atoms with Gasteiger partial charge in [-0.2, -0.15) is 15.0 Å². The summed E-state index contributed by atoms with van der Waals surface area (Å²) >= 11 is 0. The minimum Gasteiger partial charge on any atom is -0.402 e. The van der Waals surface area contributed by atoms with E-state index in [2.05, 4.69) is 15.3 Å². The lowest BCUT2D eigenvalue weighted by Gasteiger charge is -2.06. The Morgan fingerprint density at radius 2 is 1.48 bits per heavy atom. The molecule has 134 valence electrons. The van der Waals surface area contributed by atoms with Crippen molar-refractivity contribution in [3.05, 3.63) is 83.8 Å². The molecule has 4 aromatic rings. The van der Waals surface area contributed by atoms with E-state index in [1.165, 1.54) is 4.80 Å². The van der Waals surface area contributed by atoms with Gasteiger partial charge in [-0.05, 0) is 38.1 Å². The van der Waals surface area contributed by atoms with Crippen LogP contribution in [-0.4, -0.2) is 30.7 Å². The van der Waals surface area contributed by atoms with Gasteiger partial charge in [0.25, 0.3) is 0 Å². The van der Waals surface area contributed by atoms with E-state index in [1.807, 2.05) is 67.6 Å². The van der Waals surface area contributed by atoms with E-state index in [0.29, 0.717) is 11.6 Å². The molecule has 0 aliphatic rings. The number of nitrogens with zero attached hydrogens (tertiary/aromatic N) is 5. The Balaban J connectivity index is 1.64. The molecule has 0 aliphatic heterocycles. The summed E-state index contributed by atoms with van der Waals surface area (Å²) in [6, 6.07) is 20.6. The Hall–Kier alpha value is -3.74. The van der Waals surface area contributed by atoms with Gasteiger partial charge in [0.05, 0.1) is 22.8 Å². The average Bonchev–Trinajstić information content (AvgIpc) is 3.26. The van der Waals surface area contributed by atoms with Crippen molar-refractivity contribution in [1.82, 2.24) is 24.8 Å². The molecule has 0 spiro atoms. The number of aromatic nitrogens is 5. The van der Waals surface area contributed by atoms with E-state index in [9.17, 15) is 4.79 Å². The first-order valence-electron chi connectivity index (χ1n) is 8.45. The maximum Gasteiger partial charge on any atom is 0.367 e. The first-order valence-corrected chi connectivity index (χ1v) is 8.45. The van der Waals surface area contributed by atoms with Crippen LogP contribution in [0.4, 0.5) is 0 Å². The van der Waals surface area contributed by atoms with E-state index < -0.39 is 5.97 Å². The highest BCUT2D eigenvalue weighted by Crippen LogP contribution is 2.20. The van der Waals surface area contributed by atoms with Crippen molar-refractivity contribution in [1.29, 1.82) is 0 Å². The lowest BCUT2D eigenvalue weighted by atomic mass is 10.3. The molecule has 0 atom stereocenters. The van der Waals surface area contributed by atoms with E-state index in [0.717, 1.165) is 17.1 Å². The van der Waals surface area contributed by atoms with Crippen LogP contribution in [0.1, 0.15) is 21.9 Å². The van der Waals surface area contributed by atoms with E-state index in [4.69, 9.17) is 4.74 Å². The Kier molecular flexibility index (Phi) is 4.25. The van der Waals surface area contributed by atoms with Crippen LogP contribution >= 0.6 is 0 Å². The second-order valence-corrected chi connectivity index (χ2v) is 6.02. The van der Waals surface area contributed by atoms with Crippen LogP contribution in [0.2, 0.25) is 0 Å². The maximum atomic E-state index is 12.7. The summed E-state index contributed by atoms with van der Waals surface area (Å²) in [6.07, 6.45) is 0. The zero-order chi connectivity index (χ0) is 18.8. The summed E-state index contributed by atoms with van der Waals surface area (Å²) < 4.78 is 7.17. The SMILES string of the molecule is Cc1cc(OC(=O)c2nn(-c3ccccc3)nc2C)n(-c2ccccc2)n1. The third-order valence-corrected chi connectivity index (χ3v) is 3.96. The van der Waals surface area contributed by atoms with Gasteiger partial charge >= 0.3 is 5.97 Å². The lowest BCUT2D eigenvalue weighted by Crippen LogP contribution is -2.14. The molecule has 0 saturated heterocycles. The van der Waals surface area contributed by atoms with Gasteiger partial charge in [-0.3, -0.25) is 0 Å². The molecule has 0 fully saturated rings. The number of esters is 1. The first kappa shape index (κ1) is 16.7. The molecule has 0 unspecified atom stereocenters. The maximum absolute atomic E-state index is 12.7. The molecular weight excluding hydrogens is 342 g/mol. The molecule has 2 aromatic carbocycles. The predicted molar refractivity (Wildman–Crippen MR) is 99.4 cm³/mol. The Bertz CT molecular complexity index is 1080.